The van der Waals surface area contributed by atoms with Crippen molar-refractivity contribution in [2.45, 2.75) is 60.5 Å². The number of thioether (sulfide) groups is 2. The Kier molecular flexibility index (Phi) is 4.93. The lowest BCUT2D eigenvalue weighted by Gasteiger charge is -2.43. The lowest BCUT2D eigenvalue weighted by atomic mass is 9.80. The Hall–Kier alpha value is 0.580. The summed E-state index contributed by atoms with van der Waals surface area (Å²) in [5.74, 6) is 1.81. The quantitative estimate of drug-likeness (QED) is 0.848. The van der Waals surface area contributed by atoms with E-state index in [0.29, 0.717) is 22.5 Å². The lowest BCUT2D eigenvalue weighted by molar-refractivity contribution is -0.101. The van der Waals surface area contributed by atoms with E-state index in [1.807, 2.05) is 0 Å². The maximum Gasteiger partial charge on any atom is 0.0939 e. The molecule has 20 heavy (non-hydrogen) atoms. The Morgan fingerprint density at radius 2 is 2.10 bits per heavy atom. The normalized spacial score (nSPS) is 47.5. The monoisotopic (exact) mass is 317 g/mol. The molecule has 3 fully saturated rings. The minimum Gasteiger partial charge on any atom is -0.378 e. The first kappa shape index (κ1) is 15.5. The van der Waals surface area contributed by atoms with Gasteiger partial charge in [0.25, 0.3) is 0 Å². The molecule has 0 aromatic carbocycles. The highest BCUT2D eigenvalue weighted by Gasteiger charge is 2.44. The van der Waals surface area contributed by atoms with Crippen molar-refractivity contribution in [1.29, 1.82) is 0 Å². The molecule has 3 rings (SSSR count). The van der Waals surface area contributed by atoms with Gasteiger partial charge in [-0.1, -0.05) is 13.8 Å². The van der Waals surface area contributed by atoms with Crippen LogP contribution in [0.15, 0.2) is 0 Å². The Morgan fingerprint density at radius 3 is 2.80 bits per heavy atom. The third-order valence-corrected chi connectivity index (χ3v) is 8.68. The van der Waals surface area contributed by atoms with Crippen molar-refractivity contribution in [1.82, 2.24) is 0 Å². The summed E-state index contributed by atoms with van der Waals surface area (Å²) in [5.41, 5.74) is 6.64. The lowest BCUT2D eigenvalue weighted by Crippen LogP contribution is -2.51. The number of rotatable bonds is 2. The topological polar surface area (TPSA) is 44.5 Å². The number of hydrogen-bond donors (Lipinski definition) is 1. The molecule has 3 aliphatic heterocycles. The van der Waals surface area contributed by atoms with Gasteiger partial charge in [0.05, 0.1) is 12.2 Å². The predicted octanol–water partition coefficient (Wildman–Crippen LogP) is 2.53. The van der Waals surface area contributed by atoms with E-state index >= 15 is 0 Å². The molecule has 0 aromatic rings. The van der Waals surface area contributed by atoms with Gasteiger partial charge in [0.15, 0.2) is 0 Å². The summed E-state index contributed by atoms with van der Waals surface area (Å²) >= 11 is 4.20. The molecule has 0 amide bonds. The van der Waals surface area contributed by atoms with Crippen LogP contribution in [0.25, 0.3) is 0 Å². The second-order valence-corrected chi connectivity index (χ2v) is 9.61. The van der Waals surface area contributed by atoms with Crippen LogP contribution in [0.4, 0.5) is 0 Å². The number of nitrogens with two attached hydrogens (primary N) is 1. The highest BCUT2D eigenvalue weighted by atomic mass is 32.2. The van der Waals surface area contributed by atoms with Crippen molar-refractivity contribution < 1.29 is 9.47 Å². The summed E-state index contributed by atoms with van der Waals surface area (Å²) in [4.78, 5) is 0. The molecule has 2 N–H and O–H groups in total. The van der Waals surface area contributed by atoms with Crippen LogP contribution in [-0.4, -0.2) is 53.0 Å². The maximum absolute atomic E-state index is 6.65. The molecule has 3 heterocycles. The molecule has 3 nitrogen and oxygen atoms in total. The van der Waals surface area contributed by atoms with Crippen molar-refractivity contribution in [3.8, 4) is 0 Å². The Balaban J connectivity index is 1.60. The summed E-state index contributed by atoms with van der Waals surface area (Å²) < 4.78 is 11.6. The summed E-state index contributed by atoms with van der Waals surface area (Å²) in [6, 6.07) is 0.309. The van der Waals surface area contributed by atoms with Crippen LogP contribution in [0.3, 0.4) is 0 Å². The van der Waals surface area contributed by atoms with Crippen molar-refractivity contribution in [2.75, 3.05) is 25.6 Å². The Labute approximate surface area is 131 Å². The van der Waals surface area contributed by atoms with Crippen LogP contribution in [0.1, 0.15) is 33.1 Å². The highest BCUT2D eigenvalue weighted by molar-refractivity contribution is 8.07. The molecule has 0 aromatic heterocycles. The zero-order valence-corrected chi connectivity index (χ0v) is 14.2. The molecule has 0 bridgehead atoms. The molecular weight excluding hydrogens is 290 g/mol. The van der Waals surface area contributed by atoms with E-state index in [2.05, 4.69) is 37.4 Å². The van der Waals surface area contributed by atoms with Crippen molar-refractivity contribution >= 4 is 23.5 Å². The third kappa shape index (κ3) is 3.17. The Bertz CT molecular complexity index is 336. The summed E-state index contributed by atoms with van der Waals surface area (Å²) in [7, 11) is 0. The van der Waals surface area contributed by atoms with E-state index in [4.69, 9.17) is 15.2 Å². The van der Waals surface area contributed by atoms with E-state index in [1.54, 1.807) is 0 Å². The molecule has 116 valence electrons. The van der Waals surface area contributed by atoms with Gasteiger partial charge < -0.3 is 15.2 Å². The summed E-state index contributed by atoms with van der Waals surface area (Å²) in [6.07, 6.45) is 3.27. The van der Waals surface area contributed by atoms with E-state index in [1.165, 1.54) is 5.75 Å². The van der Waals surface area contributed by atoms with Crippen LogP contribution < -0.4 is 5.73 Å². The second-order valence-electron chi connectivity index (χ2n) is 6.58. The molecule has 0 aliphatic carbocycles. The first-order valence-electron chi connectivity index (χ1n) is 7.84. The van der Waals surface area contributed by atoms with Crippen LogP contribution >= 0.6 is 23.5 Å². The van der Waals surface area contributed by atoms with Crippen molar-refractivity contribution in [3.05, 3.63) is 0 Å². The molecule has 6 atom stereocenters. The predicted molar refractivity (Wildman–Crippen MR) is 87.6 cm³/mol. The molecule has 3 saturated heterocycles. The van der Waals surface area contributed by atoms with Crippen molar-refractivity contribution in [3.63, 3.8) is 0 Å². The van der Waals surface area contributed by atoms with E-state index in [-0.39, 0.29) is 5.60 Å². The molecular formula is C15H27NO2S2. The molecule has 0 radical (unpaired) electrons. The summed E-state index contributed by atoms with van der Waals surface area (Å²) in [6.45, 7) is 7.17. The standard InChI is InChI=1S/C15H27NO2S2/c1-10-11(2)20-13(8-19-10)14(16)12-3-5-18-15(7-12)4-6-17-9-15/h10-14H,3-9,16H2,1-2H3. The fourth-order valence-corrected chi connectivity index (χ4v) is 6.71. The van der Waals surface area contributed by atoms with Gasteiger partial charge in [-0.2, -0.15) is 23.5 Å². The summed E-state index contributed by atoms with van der Waals surface area (Å²) in [5, 5.41) is 2.08. The zero-order chi connectivity index (χ0) is 14.2. The van der Waals surface area contributed by atoms with Gasteiger partial charge in [0.2, 0.25) is 0 Å². The zero-order valence-electron chi connectivity index (χ0n) is 12.5. The molecule has 5 heteroatoms. The first-order chi connectivity index (χ1) is 9.60. The van der Waals surface area contributed by atoms with Crippen LogP contribution in [0, 0.1) is 5.92 Å². The fraction of sp³-hybridized carbons (Fsp3) is 1.00. The average Bonchev–Trinajstić information content (AvgIpc) is 2.89. The van der Waals surface area contributed by atoms with Gasteiger partial charge in [-0.15, -0.1) is 0 Å². The Morgan fingerprint density at radius 1 is 1.25 bits per heavy atom. The molecule has 1 spiro atoms. The largest absolute Gasteiger partial charge is 0.378 e. The van der Waals surface area contributed by atoms with Gasteiger partial charge in [0.1, 0.15) is 0 Å². The SMILES string of the molecule is CC1SCC(C(N)C2CCOC3(CCOC3)C2)SC1C. The van der Waals surface area contributed by atoms with Gasteiger partial charge in [-0.3, -0.25) is 0 Å². The van der Waals surface area contributed by atoms with Crippen LogP contribution in [-0.2, 0) is 9.47 Å². The fourth-order valence-electron chi connectivity index (χ4n) is 3.57. The minimum atomic E-state index is -0.00802. The average molecular weight is 318 g/mol. The van der Waals surface area contributed by atoms with Crippen LogP contribution in [0.5, 0.6) is 0 Å². The number of ether oxygens (including phenoxy) is 2. The van der Waals surface area contributed by atoms with Crippen molar-refractivity contribution in [2.24, 2.45) is 11.7 Å². The third-order valence-electron chi connectivity index (χ3n) is 5.15. The maximum atomic E-state index is 6.65. The van der Waals surface area contributed by atoms with Crippen LogP contribution in [0.2, 0.25) is 0 Å². The molecule has 3 aliphatic rings. The van der Waals surface area contributed by atoms with Gasteiger partial charge >= 0.3 is 0 Å². The van der Waals surface area contributed by atoms with Gasteiger partial charge in [-0.05, 0) is 18.8 Å². The van der Waals surface area contributed by atoms with E-state index < -0.39 is 0 Å². The van der Waals surface area contributed by atoms with E-state index in [0.717, 1.165) is 44.3 Å². The van der Waals surface area contributed by atoms with Gasteiger partial charge in [0, 0.05) is 47.2 Å². The smallest absolute Gasteiger partial charge is 0.0939 e. The van der Waals surface area contributed by atoms with E-state index in [9.17, 15) is 0 Å². The second kappa shape index (κ2) is 6.37. The highest BCUT2D eigenvalue weighted by Crippen LogP contribution is 2.42. The molecule has 0 saturated carbocycles. The first-order valence-corrected chi connectivity index (χ1v) is 9.83. The van der Waals surface area contributed by atoms with Gasteiger partial charge in [-0.25, -0.2) is 0 Å². The minimum absolute atomic E-state index is 0.00802. The molecule has 6 unspecified atom stereocenters. The number of hydrogen-bond acceptors (Lipinski definition) is 5.